The van der Waals surface area contributed by atoms with Gasteiger partial charge < -0.3 is 14.4 Å². The highest BCUT2D eigenvalue weighted by molar-refractivity contribution is 5.93. The molecule has 3 heteroatoms. The number of hydrogen-bond acceptors (Lipinski definition) is 3. The lowest BCUT2D eigenvalue weighted by Gasteiger charge is -2.40. The predicted octanol–water partition coefficient (Wildman–Crippen LogP) is 17.4. The Bertz CT molecular complexity index is 3860. The minimum absolute atomic E-state index is 0.562. The van der Waals surface area contributed by atoms with Crippen LogP contribution in [0.15, 0.2) is 261 Å². The van der Waals surface area contributed by atoms with Crippen LogP contribution in [0.25, 0.3) is 44.5 Å². The first-order chi connectivity index (χ1) is 35.2. The zero-order chi connectivity index (χ0) is 46.7. The summed E-state index contributed by atoms with van der Waals surface area (Å²) in [6.07, 6.45) is 0. The van der Waals surface area contributed by atoms with Crippen LogP contribution in [-0.2, 0) is 10.8 Å². The van der Waals surface area contributed by atoms with Gasteiger partial charge in [0.05, 0.1) is 10.8 Å². The van der Waals surface area contributed by atoms with Gasteiger partial charge in [0.25, 0.3) is 0 Å². The van der Waals surface area contributed by atoms with E-state index in [0.29, 0.717) is 0 Å². The molecule has 2 aliphatic heterocycles. The summed E-state index contributed by atoms with van der Waals surface area (Å²) in [6, 6.07) is 94.9. The third kappa shape index (κ3) is 5.54. The van der Waals surface area contributed by atoms with Crippen LogP contribution in [0.3, 0.4) is 0 Å². The molecule has 11 aromatic rings. The summed E-state index contributed by atoms with van der Waals surface area (Å²) in [5.74, 6) is 3.45. The zero-order valence-corrected chi connectivity index (χ0v) is 38.6. The summed E-state index contributed by atoms with van der Waals surface area (Å²) in [4.78, 5) is 2.41. The molecule has 0 saturated heterocycles. The fourth-order valence-corrected chi connectivity index (χ4v) is 12.7. The minimum atomic E-state index is -0.618. The summed E-state index contributed by atoms with van der Waals surface area (Å²) in [6.45, 7) is 0. The van der Waals surface area contributed by atoms with E-state index in [4.69, 9.17) is 9.47 Å². The van der Waals surface area contributed by atoms with Crippen LogP contribution >= 0.6 is 0 Å². The van der Waals surface area contributed by atoms with Gasteiger partial charge in [-0.3, -0.25) is 0 Å². The lowest BCUT2D eigenvalue weighted by molar-refractivity contribution is 0.436. The largest absolute Gasteiger partial charge is 0.457 e. The Hall–Kier alpha value is -9.18. The normalized spacial score (nSPS) is 14.1. The van der Waals surface area contributed by atoms with Gasteiger partial charge in [-0.2, -0.15) is 0 Å². The van der Waals surface area contributed by atoms with Gasteiger partial charge in [-0.1, -0.05) is 206 Å². The molecule has 3 nitrogen and oxygen atoms in total. The van der Waals surface area contributed by atoms with Gasteiger partial charge in [0.15, 0.2) is 0 Å². The van der Waals surface area contributed by atoms with Gasteiger partial charge in [-0.05, 0) is 115 Å². The standard InChI is InChI=1S/C68H43NO2/c1-2-16-44(17-3-1)45-30-32-46(33-31-45)47-34-36-48(37-35-47)69(49-38-40-54-53-20-6-9-23-57(53)68(62(54)42-49)59-25-11-13-27-63(59)70-64-28-14-12-26-60(64)68)50-39-41-61-66(43-50)71-65-29-15-10-24-58(65)67(61)55-21-7-4-18-51(55)52-19-5-8-22-56(52)67/h1-43H. The quantitative estimate of drug-likeness (QED) is 0.172. The first-order valence-corrected chi connectivity index (χ1v) is 24.5. The average Bonchev–Trinajstić information content (AvgIpc) is 3.90. The van der Waals surface area contributed by atoms with E-state index in [1.807, 2.05) is 0 Å². The van der Waals surface area contributed by atoms with E-state index >= 15 is 0 Å². The third-order valence-electron chi connectivity index (χ3n) is 15.6. The number of para-hydroxylation sites is 3. The van der Waals surface area contributed by atoms with E-state index in [9.17, 15) is 0 Å². The SMILES string of the molecule is c1ccc(-c2ccc(-c3ccc(N(c4ccc5c(c4)Oc4ccccc4C54c5ccccc5-c5ccccc54)c4ccc5c(c4)C4(c6ccccc6Oc6ccccc64)c4ccccc4-5)cc3)cc2)cc1. The van der Waals surface area contributed by atoms with Crippen molar-refractivity contribution in [2.45, 2.75) is 10.8 Å². The van der Waals surface area contributed by atoms with Crippen molar-refractivity contribution >= 4 is 17.1 Å². The Morgan fingerprint density at radius 2 is 0.563 bits per heavy atom. The highest BCUT2D eigenvalue weighted by Gasteiger charge is 2.53. The van der Waals surface area contributed by atoms with Crippen LogP contribution < -0.4 is 14.4 Å². The number of rotatable bonds is 5. The van der Waals surface area contributed by atoms with Gasteiger partial charge in [0, 0.05) is 45.4 Å². The van der Waals surface area contributed by atoms with Crippen LogP contribution in [0.1, 0.15) is 44.5 Å². The Morgan fingerprint density at radius 3 is 1.08 bits per heavy atom. The molecule has 0 fully saturated rings. The van der Waals surface area contributed by atoms with Crippen molar-refractivity contribution in [1.82, 2.24) is 0 Å². The summed E-state index contributed by atoms with van der Waals surface area (Å²) in [5, 5.41) is 0. The van der Waals surface area contributed by atoms with Crippen LogP contribution in [-0.4, -0.2) is 0 Å². The average molecular weight is 906 g/mol. The number of benzene rings is 11. The van der Waals surface area contributed by atoms with E-state index in [2.05, 4.69) is 266 Å². The fourth-order valence-electron chi connectivity index (χ4n) is 12.7. The van der Waals surface area contributed by atoms with Crippen molar-refractivity contribution in [1.29, 1.82) is 0 Å². The molecule has 2 spiro atoms. The highest BCUT2D eigenvalue weighted by Crippen LogP contribution is 2.64. The highest BCUT2D eigenvalue weighted by atomic mass is 16.5. The summed E-state index contributed by atoms with van der Waals surface area (Å²) >= 11 is 0. The Labute approximate surface area is 413 Å². The molecule has 0 unspecified atom stereocenters. The van der Waals surface area contributed by atoms with Gasteiger partial charge in [0.1, 0.15) is 23.0 Å². The molecule has 4 aliphatic rings. The molecule has 0 saturated carbocycles. The third-order valence-corrected chi connectivity index (χ3v) is 15.6. The molecule has 15 rings (SSSR count). The maximum atomic E-state index is 7.12. The lowest BCUT2D eigenvalue weighted by Crippen LogP contribution is -2.32. The number of nitrogens with zero attached hydrogens (tertiary/aromatic N) is 1. The van der Waals surface area contributed by atoms with E-state index in [1.165, 1.54) is 61.2 Å². The molecule has 332 valence electrons. The Balaban J connectivity index is 0.942. The Kier molecular flexibility index (Phi) is 8.49. The van der Waals surface area contributed by atoms with E-state index in [0.717, 1.165) is 67.9 Å². The van der Waals surface area contributed by atoms with Gasteiger partial charge in [-0.15, -0.1) is 0 Å². The monoisotopic (exact) mass is 905 g/mol. The second-order valence-electron chi connectivity index (χ2n) is 19.1. The van der Waals surface area contributed by atoms with E-state index in [1.54, 1.807) is 0 Å². The molecule has 0 bridgehead atoms. The van der Waals surface area contributed by atoms with Crippen LogP contribution in [0, 0.1) is 0 Å². The van der Waals surface area contributed by atoms with Crippen molar-refractivity contribution in [3.63, 3.8) is 0 Å². The number of anilines is 3. The number of ether oxygens (including phenoxy) is 2. The lowest BCUT2D eigenvalue weighted by atomic mass is 9.66. The first-order valence-electron chi connectivity index (χ1n) is 24.5. The van der Waals surface area contributed by atoms with Crippen molar-refractivity contribution in [3.8, 4) is 67.5 Å². The van der Waals surface area contributed by atoms with Crippen molar-refractivity contribution in [3.05, 3.63) is 305 Å². The first kappa shape index (κ1) is 39.8. The molecule has 0 N–H and O–H groups in total. The second-order valence-corrected chi connectivity index (χ2v) is 19.1. The minimum Gasteiger partial charge on any atom is -0.457 e. The molecule has 71 heavy (non-hydrogen) atoms. The topological polar surface area (TPSA) is 21.7 Å². The molecule has 2 heterocycles. The van der Waals surface area contributed by atoms with E-state index in [-0.39, 0.29) is 0 Å². The molecule has 11 aromatic carbocycles. The summed E-state index contributed by atoms with van der Waals surface area (Å²) in [5.41, 5.74) is 21.2. The molecule has 0 aromatic heterocycles. The van der Waals surface area contributed by atoms with E-state index < -0.39 is 10.8 Å². The number of fused-ring (bicyclic) bond motifs is 18. The second kappa shape index (κ2) is 15.2. The summed E-state index contributed by atoms with van der Waals surface area (Å²) in [7, 11) is 0. The van der Waals surface area contributed by atoms with Gasteiger partial charge >= 0.3 is 0 Å². The van der Waals surface area contributed by atoms with Crippen molar-refractivity contribution in [2.75, 3.05) is 4.90 Å². The molecular weight excluding hydrogens is 863 g/mol. The van der Waals surface area contributed by atoms with Gasteiger partial charge in [-0.25, -0.2) is 0 Å². The summed E-state index contributed by atoms with van der Waals surface area (Å²) < 4.78 is 13.8. The fraction of sp³-hybridized carbons (Fsp3) is 0.0294. The van der Waals surface area contributed by atoms with Crippen molar-refractivity contribution in [2.24, 2.45) is 0 Å². The predicted molar refractivity (Wildman–Crippen MR) is 287 cm³/mol. The molecule has 0 amide bonds. The smallest absolute Gasteiger partial charge is 0.134 e. The molecule has 0 atom stereocenters. The molecule has 2 aliphatic carbocycles. The van der Waals surface area contributed by atoms with Crippen LogP contribution in [0.4, 0.5) is 17.1 Å². The number of hydrogen-bond donors (Lipinski definition) is 0. The Morgan fingerprint density at radius 1 is 0.225 bits per heavy atom. The van der Waals surface area contributed by atoms with Crippen molar-refractivity contribution < 1.29 is 9.47 Å². The maximum Gasteiger partial charge on any atom is 0.134 e. The van der Waals surface area contributed by atoms with Gasteiger partial charge in [0.2, 0.25) is 0 Å². The van der Waals surface area contributed by atoms with Crippen LogP contribution in [0.2, 0.25) is 0 Å². The molecular formula is C68H43NO2. The van der Waals surface area contributed by atoms with Crippen LogP contribution in [0.5, 0.6) is 23.0 Å². The molecule has 0 radical (unpaired) electrons. The zero-order valence-electron chi connectivity index (χ0n) is 38.6. The maximum absolute atomic E-state index is 7.12.